The van der Waals surface area contributed by atoms with Gasteiger partial charge in [0.15, 0.2) is 11.5 Å². The SMILES string of the molecule is COc1cc(N2CCN(C(=O)Oc3ccc(Oc4ccc(C(F)(F)F)cn4)cc3)CC2)cc(OC)c1OC. The Morgan fingerprint density at radius 2 is 1.45 bits per heavy atom. The van der Waals surface area contributed by atoms with Gasteiger partial charge in [0.2, 0.25) is 11.6 Å². The van der Waals surface area contributed by atoms with Crippen molar-refractivity contribution in [2.75, 3.05) is 52.4 Å². The molecule has 0 radical (unpaired) electrons. The standard InChI is InChI=1S/C26H26F3N3O6/c1-34-21-14-18(15-22(35-2)24(21)36-3)31-10-12-32(13-11-31)25(33)38-20-7-5-19(6-8-20)37-23-9-4-17(16-30-23)26(27,28)29/h4-9,14-16H,10-13H2,1-3H3. The molecule has 12 heteroatoms. The van der Waals surface area contributed by atoms with Gasteiger partial charge in [-0.25, -0.2) is 9.78 Å². The highest BCUT2D eigenvalue weighted by Crippen LogP contribution is 2.41. The first-order valence-electron chi connectivity index (χ1n) is 11.5. The monoisotopic (exact) mass is 533 g/mol. The Kier molecular flexibility index (Phi) is 7.99. The molecule has 0 aliphatic carbocycles. The molecular weight excluding hydrogens is 507 g/mol. The normalized spacial score (nSPS) is 13.6. The number of halogens is 3. The zero-order valence-corrected chi connectivity index (χ0v) is 20.9. The minimum Gasteiger partial charge on any atom is -0.493 e. The number of aromatic nitrogens is 1. The molecule has 0 atom stereocenters. The maximum Gasteiger partial charge on any atom is 0.417 e. The smallest absolute Gasteiger partial charge is 0.417 e. The third kappa shape index (κ3) is 6.13. The Hall–Kier alpha value is -4.35. The lowest BCUT2D eigenvalue weighted by atomic mass is 10.2. The van der Waals surface area contributed by atoms with Crippen LogP contribution in [0.4, 0.5) is 23.7 Å². The van der Waals surface area contributed by atoms with E-state index in [1.807, 2.05) is 12.1 Å². The highest BCUT2D eigenvalue weighted by molar-refractivity contribution is 5.71. The molecule has 0 bridgehead atoms. The van der Waals surface area contributed by atoms with Crippen molar-refractivity contribution in [3.8, 4) is 34.6 Å². The first kappa shape index (κ1) is 26.7. The number of nitrogens with zero attached hydrogens (tertiary/aromatic N) is 3. The average molecular weight is 534 g/mol. The zero-order chi connectivity index (χ0) is 27.3. The van der Waals surface area contributed by atoms with Gasteiger partial charge in [0.1, 0.15) is 11.5 Å². The number of alkyl halides is 3. The summed E-state index contributed by atoms with van der Waals surface area (Å²) in [6, 6.07) is 11.9. The third-order valence-electron chi connectivity index (χ3n) is 5.87. The van der Waals surface area contributed by atoms with E-state index in [0.29, 0.717) is 61.1 Å². The Bertz CT molecular complexity index is 1220. The Morgan fingerprint density at radius 3 is 1.95 bits per heavy atom. The fourth-order valence-corrected chi connectivity index (χ4v) is 3.87. The number of pyridine rings is 1. The van der Waals surface area contributed by atoms with Gasteiger partial charge in [-0.3, -0.25) is 0 Å². The van der Waals surface area contributed by atoms with Gasteiger partial charge in [-0.05, 0) is 30.3 Å². The number of hydrogen-bond donors (Lipinski definition) is 0. The number of methoxy groups -OCH3 is 3. The van der Waals surface area contributed by atoms with Crippen LogP contribution in [0, 0.1) is 0 Å². The van der Waals surface area contributed by atoms with Gasteiger partial charge in [0, 0.05) is 56.3 Å². The number of rotatable bonds is 7. The highest BCUT2D eigenvalue weighted by atomic mass is 19.4. The number of benzene rings is 2. The summed E-state index contributed by atoms with van der Waals surface area (Å²) < 4.78 is 65.2. The lowest BCUT2D eigenvalue weighted by Gasteiger charge is -2.35. The Balaban J connectivity index is 1.31. The molecule has 4 rings (SSSR count). The molecule has 202 valence electrons. The van der Waals surface area contributed by atoms with Crippen LogP contribution in [-0.4, -0.2) is 63.5 Å². The van der Waals surface area contributed by atoms with E-state index in [2.05, 4.69) is 9.88 Å². The fourth-order valence-electron chi connectivity index (χ4n) is 3.87. The molecule has 3 aromatic rings. The second kappa shape index (κ2) is 11.4. The van der Waals surface area contributed by atoms with Crippen LogP contribution in [0.25, 0.3) is 0 Å². The van der Waals surface area contributed by atoms with E-state index < -0.39 is 17.8 Å². The second-order valence-electron chi connectivity index (χ2n) is 8.18. The molecule has 0 unspecified atom stereocenters. The van der Waals surface area contributed by atoms with E-state index in [1.165, 1.54) is 24.3 Å². The van der Waals surface area contributed by atoms with Crippen LogP contribution in [0.5, 0.6) is 34.6 Å². The molecular formula is C26H26F3N3O6. The molecule has 9 nitrogen and oxygen atoms in total. The number of ether oxygens (including phenoxy) is 5. The summed E-state index contributed by atoms with van der Waals surface area (Å²) in [7, 11) is 4.65. The van der Waals surface area contributed by atoms with Crippen molar-refractivity contribution in [1.82, 2.24) is 9.88 Å². The topological polar surface area (TPSA) is 82.6 Å². The van der Waals surface area contributed by atoms with E-state index in [1.54, 1.807) is 26.2 Å². The number of anilines is 1. The molecule has 2 aromatic carbocycles. The summed E-state index contributed by atoms with van der Waals surface area (Å²) in [6.07, 6.45) is -4.26. The predicted octanol–water partition coefficient (Wildman–Crippen LogP) is 5.24. The lowest BCUT2D eigenvalue weighted by molar-refractivity contribution is -0.137. The van der Waals surface area contributed by atoms with Crippen molar-refractivity contribution in [2.45, 2.75) is 6.18 Å². The fraction of sp³-hybridized carbons (Fsp3) is 0.308. The Morgan fingerprint density at radius 1 is 0.842 bits per heavy atom. The van der Waals surface area contributed by atoms with E-state index >= 15 is 0 Å². The molecule has 0 saturated carbocycles. The minimum atomic E-state index is -4.47. The van der Waals surface area contributed by atoms with Crippen molar-refractivity contribution in [3.05, 3.63) is 60.3 Å². The maximum atomic E-state index is 12.7. The van der Waals surface area contributed by atoms with E-state index in [9.17, 15) is 18.0 Å². The number of carbonyl (C=O) groups excluding carboxylic acids is 1. The number of carbonyl (C=O) groups is 1. The zero-order valence-electron chi connectivity index (χ0n) is 20.9. The average Bonchev–Trinajstić information content (AvgIpc) is 2.93. The lowest BCUT2D eigenvalue weighted by Crippen LogP contribution is -2.49. The predicted molar refractivity (Wildman–Crippen MR) is 132 cm³/mol. The third-order valence-corrected chi connectivity index (χ3v) is 5.87. The van der Waals surface area contributed by atoms with Crippen LogP contribution in [0.3, 0.4) is 0 Å². The number of piperazine rings is 1. The molecule has 1 amide bonds. The first-order valence-corrected chi connectivity index (χ1v) is 11.5. The molecule has 0 N–H and O–H groups in total. The summed E-state index contributed by atoms with van der Waals surface area (Å²) in [6.45, 7) is 2.02. The first-order chi connectivity index (χ1) is 18.2. The molecule has 1 saturated heterocycles. The van der Waals surface area contributed by atoms with Gasteiger partial charge in [-0.1, -0.05) is 0 Å². The second-order valence-corrected chi connectivity index (χ2v) is 8.18. The highest BCUT2D eigenvalue weighted by Gasteiger charge is 2.30. The van der Waals surface area contributed by atoms with Crippen LogP contribution < -0.4 is 28.6 Å². The molecule has 1 aliphatic rings. The molecule has 1 aromatic heterocycles. The van der Waals surface area contributed by atoms with Gasteiger partial charge in [-0.2, -0.15) is 13.2 Å². The van der Waals surface area contributed by atoms with E-state index in [-0.39, 0.29) is 5.88 Å². The van der Waals surface area contributed by atoms with E-state index in [4.69, 9.17) is 23.7 Å². The summed E-state index contributed by atoms with van der Waals surface area (Å²) in [5.41, 5.74) is 0.0158. The van der Waals surface area contributed by atoms with Crippen molar-refractivity contribution < 1.29 is 41.7 Å². The number of hydrogen-bond acceptors (Lipinski definition) is 8. The van der Waals surface area contributed by atoms with Gasteiger partial charge < -0.3 is 33.5 Å². The molecule has 1 fully saturated rings. The number of amides is 1. The van der Waals surface area contributed by atoms with Crippen LogP contribution in [0.15, 0.2) is 54.7 Å². The molecule has 38 heavy (non-hydrogen) atoms. The van der Waals surface area contributed by atoms with Crippen LogP contribution in [-0.2, 0) is 6.18 Å². The maximum absolute atomic E-state index is 12.7. The molecule has 0 spiro atoms. The molecule has 1 aliphatic heterocycles. The van der Waals surface area contributed by atoms with Gasteiger partial charge in [0.25, 0.3) is 0 Å². The molecule has 2 heterocycles. The summed E-state index contributed by atoms with van der Waals surface area (Å²) >= 11 is 0. The Labute approximate surface area is 217 Å². The van der Waals surface area contributed by atoms with Crippen molar-refractivity contribution >= 4 is 11.8 Å². The van der Waals surface area contributed by atoms with Crippen molar-refractivity contribution in [2.24, 2.45) is 0 Å². The summed E-state index contributed by atoms with van der Waals surface area (Å²) in [5, 5.41) is 0. The van der Waals surface area contributed by atoms with Crippen LogP contribution in [0.1, 0.15) is 5.56 Å². The van der Waals surface area contributed by atoms with Crippen molar-refractivity contribution in [3.63, 3.8) is 0 Å². The van der Waals surface area contributed by atoms with E-state index in [0.717, 1.165) is 17.8 Å². The summed E-state index contributed by atoms with van der Waals surface area (Å²) in [5.74, 6) is 2.24. The van der Waals surface area contributed by atoms with Crippen molar-refractivity contribution in [1.29, 1.82) is 0 Å². The quantitative estimate of drug-likeness (QED) is 0.408. The van der Waals surface area contributed by atoms with Gasteiger partial charge in [0.05, 0.1) is 26.9 Å². The van der Waals surface area contributed by atoms with Gasteiger partial charge >= 0.3 is 12.3 Å². The minimum absolute atomic E-state index is 0.00714. The van der Waals surface area contributed by atoms with Crippen LogP contribution in [0.2, 0.25) is 0 Å². The van der Waals surface area contributed by atoms with Gasteiger partial charge in [-0.15, -0.1) is 0 Å². The van der Waals surface area contributed by atoms with Crippen LogP contribution >= 0.6 is 0 Å². The summed E-state index contributed by atoms with van der Waals surface area (Å²) in [4.78, 5) is 20.1. The largest absolute Gasteiger partial charge is 0.493 e.